The number of para-hydroxylation sites is 1. The predicted octanol–water partition coefficient (Wildman–Crippen LogP) is 5.24. The zero-order valence-corrected chi connectivity index (χ0v) is 21.2. The number of halogens is 2. The number of carbonyl (C=O) groups is 1. The van der Waals surface area contributed by atoms with E-state index in [0.29, 0.717) is 11.5 Å². The number of imidazole rings is 1. The van der Waals surface area contributed by atoms with E-state index in [2.05, 4.69) is 4.98 Å². The largest absolute Gasteiger partial charge is 0.440 e. The first-order valence-corrected chi connectivity index (χ1v) is 13.3. The van der Waals surface area contributed by atoms with Gasteiger partial charge in [0.25, 0.3) is 0 Å². The Morgan fingerprint density at radius 2 is 1.92 bits per heavy atom. The number of anilines is 1. The molecule has 3 saturated heterocycles. The van der Waals surface area contributed by atoms with Crippen LogP contribution in [0.25, 0.3) is 0 Å². The van der Waals surface area contributed by atoms with Crippen LogP contribution in [0, 0.1) is 17.6 Å². The van der Waals surface area contributed by atoms with Gasteiger partial charge in [-0.2, -0.15) is 0 Å². The number of nitrogens with zero attached hydrogens (tertiary/aromatic N) is 4. The Bertz CT molecular complexity index is 1190. The van der Waals surface area contributed by atoms with Crippen LogP contribution in [-0.4, -0.2) is 58.2 Å². The highest BCUT2D eigenvalue weighted by Crippen LogP contribution is 2.37. The number of ether oxygens (including phenoxy) is 1. The zero-order chi connectivity index (χ0) is 25.1. The third-order valence-corrected chi connectivity index (χ3v) is 8.52. The molecule has 0 saturated carbocycles. The molecule has 36 heavy (non-hydrogen) atoms. The Morgan fingerprint density at radius 1 is 1.17 bits per heavy atom. The quantitative estimate of drug-likeness (QED) is 0.305. The van der Waals surface area contributed by atoms with E-state index in [9.17, 15) is 13.6 Å². The molecular weight excluding hydrogens is 482 g/mol. The number of carbonyl (C=O) groups excluding carboxylic acids is 1. The maximum absolute atomic E-state index is 14.7. The van der Waals surface area contributed by atoms with E-state index in [1.165, 1.54) is 23.1 Å². The molecule has 0 N–H and O–H groups in total. The monoisotopic (exact) mass is 513 g/mol. The van der Waals surface area contributed by atoms with Gasteiger partial charge in [-0.15, -0.1) is 0 Å². The van der Waals surface area contributed by atoms with Gasteiger partial charge in [0, 0.05) is 38.2 Å². The summed E-state index contributed by atoms with van der Waals surface area (Å²) in [5.74, 6) is 0.410. The van der Waals surface area contributed by atoms with E-state index in [1.54, 1.807) is 42.1 Å². The summed E-state index contributed by atoms with van der Waals surface area (Å²) in [6, 6.07) is 12.1. The molecule has 190 valence electrons. The lowest BCUT2D eigenvalue weighted by molar-refractivity contribution is -0.943. The summed E-state index contributed by atoms with van der Waals surface area (Å²) in [5.41, 5.74) is 0.851. The highest BCUT2D eigenvalue weighted by molar-refractivity contribution is 7.99. The molecule has 0 unspecified atom stereocenters. The van der Waals surface area contributed by atoms with Gasteiger partial charge in [-0.05, 0) is 29.8 Å². The molecule has 0 radical (unpaired) electrons. The van der Waals surface area contributed by atoms with E-state index in [-0.39, 0.29) is 24.2 Å². The Balaban J connectivity index is 1.28. The predicted molar refractivity (Wildman–Crippen MR) is 136 cm³/mol. The molecule has 9 heteroatoms. The average molecular weight is 514 g/mol. The molecule has 1 aromatic heterocycles. The summed E-state index contributed by atoms with van der Waals surface area (Å²) in [4.78, 5) is 19.2. The fraction of sp³-hybridized carbons (Fsp3) is 0.407. The molecule has 1 atom stereocenters. The Kier molecular flexibility index (Phi) is 7.29. The van der Waals surface area contributed by atoms with Gasteiger partial charge >= 0.3 is 6.09 Å². The molecule has 2 aromatic carbocycles. The van der Waals surface area contributed by atoms with Gasteiger partial charge in [-0.1, -0.05) is 36.0 Å². The molecule has 4 heterocycles. The van der Waals surface area contributed by atoms with Crippen molar-refractivity contribution in [1.82, 2.24) is 9.55 Å². The lowest BCUT2D eigenvalue weighted by atomic mass is 9.83. The van der Waals surface area contributed by atoms with Crippen LogP contribution < -0.4 is 4.90 Å². The molecule has 0 spiro atoms. The third-order valence-electron chi connectivity index (χ3n) is 7.49. The zero-order valence-electron chi connectivity index (χ0n) is 20.4. The lowest BCUT2D eigenvalue weighted by Crippen LogP contribution is -2.65. The summed E-state index contributed by atoms with van der Waals surface area (Å²) in [7, 11) is 2.00. The van der Waals surface area contributed by atoms with Crippen LogP contribution in [0.2, 0.25) is 0 Å². The van der Waals surface area contributed by atoms with E-state index < -0.39 is 11.9 Å². The van der Waals surface area contributed by atoms with Gasteiger partial charge in [0.05, 0.1) is 37.6 Å². The molecule has 3 fully saturated rings. The summed E-state index contributed by atoms with van der Waals surface area (Å²) in [6.07, 6.45) is 5.02. The number of piperidine rings is 3. The molecule has 1 amide bonds. The van der Waals surface area contributed by atoms with Crippen molar-refractivity contribution in [3.05, 3.63) is 78.1 Å². The first-order chi connectivity index (χ1) is 17.4. The number of amides is 1. The highest BCUT2D eigenvalue weighted by atomic mass is 32.2. The van der Waals surface area contributed by atoms with Gasteiger partial charge in [-0.3, -0.25) is 4.90 Å². The van der Waals surface area contributed by atoms with Crippen molar-refractivity contribution in [3.8, 4) is 0 Å². The number of benzene rings is 2. The van der Waals surface area contributed by atoms with Crippen LogP contribution in [0.3, 0.4) is 0 Å². The Labute approximate surface area is 214 Å². The summed E-state index contributed by atoms with van der Waals surface area (Å²) in [5, 5.41) is 1.00. The third kappa shape index (κ3) is 5.42. The Hall–Kier alpha value is -2.91. The first-order valence-electron chi connectivity index (χ1n) is 12.3. The van der Waals surface area contributed by atoms with Gasteiger partial charge < -0.3 is 13.8 Å². The summed E-state index contributed by atoms with van der Waals surface area (Å²) >= 11 is 1.75. The minimum atomic E-state index is -0.566. The maximum atomic E-state index is 14.7. The highest BCUT2D eigenvalue weighted by Gasteiger charge is 2.47. The SMILES string of the molecule is Cn1ccnc1SCC[N+]12CCC(CC1)[C@@H](OC(=O)N(Cc1ccc(F)cc1)c1ccccc1F)C2. The van der Waals surface area contributed by atoms with Crippen LogP contribution in [-0.2, 0) is 18.3 Å². The number of quaternary nitrogens is 1. The van der Waals surface area contributed by atoms with Crippen molar-refractivity contribution in [2.75, 3.05) is 36.8 Å². The molecule has 6 nitrogen and oxygen atoms in total. The standard InChI is InChI=1S/C27H31F2N4O2S/c1-31-13-12-30-26(31)36-17-16-33-14-10-21(11-15-33)25(19-33)35-27(34)32(24-5-3-2-4-23(24)29)18-20-6-8-22(28)9-7-20/h2-9,12-13,21,25H,10-11,14-19H2,1H3/q+1/t21?,25-,33?/m0/s1. The lowest BCUT2D eigenvalue weighted by Gasteiger charge is -2.52. The van der Waals surface area contributed by atoms with Gasteiger partial charge in [0.1, 0.15) is 18.2 Å². The number of hydrogen-bond donors (Lipinski definition) is 0. The van der Waals surface area contributed by atoms with Crippen molar-refractivity contribution in [1.29, 1.82) is 0 Å². The number of fused-ring (bicyclic) bond motifs is 3. The van der Waals surface area contributed by atoms with Crippen LogP contribution >= 0.6 is 11.8 Å². The van der Waals surface area contributed by atoms with E-state index in [1.807, 2.05) is 24.0 Å². The second-order valence-corrected chi connectivity index (χ2v) is 10.8. The van der Waals surface area contributed by atoms with Crippen molar-refractivity contribution in [2.24, 2.45) is 13.0 Å². The smallest absolute Gasteiger partial charge is 0.415 e. The van der Waals surface area contributed by atoms with Crippen molar-refractivity contribution in [2.45, 2.75) is 30.6 Å². The van der Waals surface area contributed by atoms with Crippen LogP contribution in [0.15, 0.2) is 66.1 Å². The molecule has 0 aliphatic carbocycles. The normalized spacial score (nSPS) is 23.0. The van der Waals surface area contributed by atoms with Crippen LogP contribution in [0.5, 0.6) is 0 Å². The number of aromatic nitrogens is 2. The first kappa shape index (κ1) is 24.8. The van der Waals surface area contributed by atoms with E-state index in [4.69, 9.17) is 4.74 Å². The molecule has 6 rings (SSSR count). The van der Waals surface area contributed by atoms with E-state index in [0.717, 1.165) is 54.4 Å². The molecular formula is C27H31F2N4O2S+. The second kappa shape index (κ2) is 10.6. The molecule has 3 aliphatic heterocycles. The minimum Gasteiger partial charge on any atom is -0.440 e. The van der Waals surface area contributed by atoms with Crippen molar-refractivity contribution < 1.29 is 22.8 Å². The molecule has 3 aromatic rings. The number of thioether (sulfide) groups is 1. The van der Waals surface area contributed by atoms with Crippen LogP contribution in [0.4, 0.5) is 19.3 Å². The van der Waals surface area contributed by atoms with Crippen molar-refractivity contribution in [3.63, 3.8) is 0 Å². The van der Waals surface area contributed by atoms with Gasteiger partial charge in [-0.25, -0.2) is 18.6 Å². The Morgan fingerprint density at radius 3 is 2.61 bits per heavy atom. The number of hydrogen-bond acceptors (Lipinski definition) is 4. The topological polar surface area (TPSA) is 47.4 Å². The summed E-state index contributed by atoms with van der Waals surface area (Å²) < 4.78 is 37.2. The fourth-order valence-electron chi connectivity index (χ4n) is 5.37. The van der Waals surface area contributed by atoms with E-state index >= 15 is 0 Å². The number of aryl methyl sites for hydroxylation is 1. The van der Waals surface area contributed by atoms with Gasteiger partial charge in [0.2, 0.25) is 0 Å². The second-order valence-electron chi connectivity index (χ2n) is 9.79. The van der Waals surface area contributed by atoms with Gasteiger partial charge in [0.15, 0.2) is 11.3 Å². The maximum Gasteiger partial charge on any atom is 0.415 e. The molecule has 3 aliphatic rings. The van der Waals surface area contributed by atoms with Crippen LogP contribution in [0.1, 0.15) is 18.4 Å². The number of rotatable bonds is 8. The molecule has 2 bridgehead atoms. The fourth-order valence-corrected chi connectivity index (χ4v) is 6.44. The minimum absolute atomic E-state index is 0.0950. The summed E-state index contributed by atoms with van der Waals surface area (Å²) in [6.45, 7) is 4.04. The van der Waals surface area contributed by atoms with Crippen molar-refractivity contribution >= 4 is 23.5 Å². The average Bonchev–Trinajstić information content (AvgIpc) is 3.29.